The zero-order valence-corrected chi connectivity index (χ0v) is 10.4. The summed E-state index contributed by atoms with van der Waals surface area (Å²) in [6.45, 7) is 3.91. The van der Waals surface area contributed by atoms with E-state index in [1.165, 1.54) is 6.26 Å². The van der Waals surface area contributed by atoms with Crippen LogP contribution in [0, 0.1) is 0 Å². The van der Waals surface area contributed by atoms with Crippen molar-refractivity contribution in [3.8, 4) is 0 Å². The molecule has 0 saturated carbocycles. The van der Waals surface area contributed by atoms with Crippen LogP contribution in [-0.2, 0) is 15.4 Å². The smallest absolute Gasteiger partial charge is 0.175 e. The van der Waals surface area contributed by atoms with Crippen LogP contribution in [-0.4, -0.2) is 21.7 Å². The van der Waals surface area contributed by atoms with Crippen LogP contribution in [0.15, 0.2) is 29.2 Å². The van der Waals surface area contributed by atoms with E-state index in [4.69, 9.17) is 0 Å². The monoisotopic (exact) mass is 227 g/mol. The number of rotatable bonds is 3. The van der Waals surface area contributed by atoms with Crippen LogP contribution in [0.1, 0.15) is 19.4 Å². The molecule has 1 aromatic rings. The Morgan fingerprint density at radius 2 is 1.73 bits per heavy atom. The number of sulfone groups is 1. The predicted octanol–water partition coefficient (Wildman–Crippen LogP) is 1.54. The lowest BCUT2D eigenvalue weighted by Crippen LogP contribution is -2.34. The summed E-state index contributed by atoms with van der Waals surface area (Å²) in [4.78, 5) is 0.393. The highest BCUT2D eigenvalue weighted by atomic mass is 32.2. The second-order valence-electron chi connectivity index (χ2n) is 4.14. The Hall–Kier alpha value is -0.870. The van der Waals surface area contributed by atoms with E-state index in [0.717, 1.165) is 5.56 Å². The summed E-state index contributed by atoms with van der Waals surface area (Å²) in [6, 6.07) is 7.07. The standard InChI is InChI=1S/C11H17NO2S/c1-11(2,12-3)9-7-5-6-8-10(9)15(4,13)14/h5-8,12H,1-4H3. The number of hydrogen-bond donors (Lipinski definition) is 1. The topological polar surface area (TPSA) is 46.2 Å². The Morgan fingerprint density at radius 1 is 1.20 bits per heavy atom. The van der Waals surface area contributed by atoms with Gasteiger partial charge in [0.1, 0.15) is 0 Å². The van der Waals surface area contributed by atoms with Crippen LogP contribution in [0.25, 0.3) is 0 Å². The molecular formula is C11H17NO2S. The van der Waals surface area contributed by atoms with Gasteiger partial charge in [-0.05, 0) is 32.5 Å². The largest absolute Gasteiger partial charge is 0.311 e. The Kier molecular flexibility index (Phi) is 3.21. The third-order valence-electron chi connectivity index (χ3n) is 2.58. The van der Waals surface area contributed by atoms with Crippen molar-refractivity contribution in [2.75, 3.05) is 13.3 Å². The molecule has 0 heterocycles. The molecule has 0 saturated heterocycles. The molecule has 0 fully saturated rings. The van der Waals surface area contributed by atoms with E-state index >= 15 is 0 Å². The van der Waals surface area contributed by atoms with Gasteiger partial charge >= 0.3 is 0 Å². The van der Waals surface area contributed by atoms with Gasteiger partial charge in [0.25, 0.3) is 0 Å². The molecule has 4 heteroatoms. The summed E-state index contributed by atoms with van der Waals surface area (Å²) in [7, 11) is -1.35. The van der Waals surface area contributed by atoms with Gasteiger partial charge < -0.3 is 5.32 Å². The third-order valence-corrected chi connectivity index (χ3v) is 3.74. The van der Waals surface area contributed by atoms with Crippen LogP contribution in [0.3, 0.4) is 0 Å². The summed E-state index contributed by atoms with van der Waals surface area (Å²) in [6.07, 6.45) is 1.23. The van der Waals surface area contributed by atoms with Gasteiger partial charge in [-0.25, -0.2) is 8.42 Å². The van der Waals surface area contributed by atoms with Crippen molar-refractivity contribution < 1.29 is 8.42 Å². The fourth-order valence-electron chi connectivity index (χ4n) is 1.44. The first-order chi connectivity index (χ1) is 6.79. The predicted molar refractivity (Wildman–Crippen MR) is 61.6 cm³/mol. The van der Waals surface area contributed by atoms with Crippen molar-refractivity contribution in [2.24, 2.45) is 0 Å². The minimum absolute atomic E-state index is 0.348. The zero-order chi connectivity index (χ0) is 11.7. The second kappa shape index (κ2) is 3.94. The highest BCUT2D eigenvalue weighted by Crippen LogP contribution is 2.26. The summed E-state index contributed by atoms with van der Waals surface area (Å²) in [5, 5.41) is 3.11. The van der Waals surface area contributed by atoms with Crippen LogP contribution >= 0.6 is 0 Å². The van der Waals surface area contributed by atoms with Gasteiger partial charge in [0.2, 0.25) is 0 Å². The fraction of sp³-hybridized carbons (Fsp3) is 0.455. The van der Waals surface area contributed by atoms with Gasteiger partial charge in [-0.1, -0.05) is 18.2 Å². The van der Waals surface area contributed by atoms with Gasteiger partial charge in [-0.15, -0.1) is 0 Å². The molecule has 0 spiro atoms. The molecule has 0 aliphatic carbocycles. The van der Waals surface area contributed by atoms with E-state index in [1.54, 1.807) is 12.1 Å². The van der Waals surface area contributed by atoms with Crippen LogP contribution in [0.2, 0.25) is 0 Å². The molecule has 84 valence electrons. The van der Waals surface area contributed by atoms with Gasteiger partial charge in [-0.2, -0.15) is 0 Å². The molecule has 0 radical (unpaired) electrons. The van der Waals surface area contributed by atoms with Crippen molar-refractivity contribution in [2.45, 2.75) is 24.3 Å². The molecule has 1 rings (SSSR count). The van der Waals surface area contributed by atoms with Gasteiger partial charge in [0.15, 0.2) is 9.84 Å². The number of hydrogen-bond acceptors (Lipinski definition) is 3. The Balaban J connectivity index is 3.44. The molecule has 0 aliphatic heterocycles. The fourth-order valence-corrected chi connectivity index (χ4v) is 2.49. The van der Waals surface area contributed by atoms with Gasteiger partial charge in [0, 0.05) is 11.8 Å². The molecule has 15 heavy (non-hydrogen) atoms. The molecule has 0 bridgehead atoms. The Bertz CT molecular complexity index is 449. The highest BCUT2D eigenvalue weighted by molar-refractivity contribution is 7.90. The average Bonchev–Trinajstić information content (AvgIpc) is 2.16. The maximum atomic E-state index is 11.6. The minimum Gasteiger partial charge on any atom is -0.311 e. The number of benzene rings is 1. The zero-order valence-electron chi connectivity index (χ0n) is 9.53. The maximum Gasteiger partial charge on any atom is 0.175 e. The summed E-state index contributed by atoms with van der Waals surface area (Å²) < 4.78 is 23.2. The summed E-state index contributed by atoms with van der Waals surface area (Å²) in [5.41, 5.74) is 0.453. The molecule has 0 atom stereocenters. The van der Waals surface area contributed by atoms with Gasteiger partial charge in [-0.3, -0.25) is 0 Å². The van der Waals surface area contributed by atoms with Crippen molar-refractivity contribution >= 4 is 9.84 Å². The highest BCUT2D eigenvalue weighted by Gasteiger charge is 2.24. The lowest BCUT2D eigenvalue weighted by atomic mass is 9.95. The lowest BCUT2D eigenvalue weighted by molar-refractivity contribution is 0.435. The molecule has 3 nitrogen and oxygen atoms in total. The number of nitrogens with one attached hydrogen (secondary N) is 1. The third kappa shape index (κ3) is 2.58. The van der Waals surface area contributed by atoms with Gasteiger partial charge in [0.05, 0.1) is 4.90 Å². The van der Waals surface area contributed by atoms with E-state index in [0.29, 0.717) is 4.90 Å². The van der Waals surface area contributed by atoms with Crippen molar-refractivity contribution in [3.05, 3.63) is 29.8 Å². The van der Waals surface area contributed by atoms with E-state index < -0.39 is 9.84 Å². The molecular weight excluding hydrogens is 210 g/mol. The first-order valence-corrected chi connectivity index (χ1v) is 6.66. The van der Waals surface area contributed by atoms with Crippen molar-refractivity contribution in [3.63, 3.8) is 0 Å². The van der Waals surface area contributed by atoms with Crippen LogP contribution < -0.4 is 5.32 Å². The maximum absolute atomic E-state index is 11.6. The normalized spacial score (nSPS) is 12.8. The molecule has 0 unspecified atom stereocenters. The molecule has 1 aromatic carbocycles. The Labute approximate surface area is 91.4 Å². The van der Waals surface area contributed by atoms with E-state index in [9.17, 15) is 8.42 Å². The molecule has 0 amide bonds. The molecule has 0 aliphatic rings. The molecule has 0 aromatic heterocycles. The van der Waals surface area contributed by atoms with Crippen molar-refractivity contribution in [1.29, 1.82) is 0 Å². The first kappa shape index (κ1) is 12.2. The quantitative estimate of drug-likeness (QED) is 0.852. The summed E-state index contributed by atoms with van der Waals surface area (Å²) >= 11 is 0. The first-order valence-electron chi connectivity index (χ1n) is 4.77. The average molecular weight is 227 g/mol. The minimum atomic E-state index is -3.17. The van der Waals surface area contributed by atoms with E-state index in [1.807, 2.05) is 33.0 Å². The van der Waals surface area contributed by atoms with Crippen molar-refractivity contribution in [1.82, 2.24) is 5.32 Å². The van der Waals surface area contributed by atoms with Crippen LogP contribution in [0.5, 0.6) is 0 Å². The Morgan fingerprint density at radius 3 is 2.20 bits per heavy atom. The SMILES string of the molecule is CNC(C)(C)c1ccccc1S(C)(=O)=O. The lowest BCUT2D eigenvalue weighted by Gasteiger charge is -2.26. The molecule has 1 N–H and O–H groups in total. The van der Waals surface area contributed by atoms with Crippen LogP contribution in [0.4, 0.5) is 0 Å². The summed E-state index contributed by atoms with van der Waals surface area (Å²) in [5.74, 6) is 0. The van der Waals surface area contributed by atoms with E-state index in [-0.39, 0.29) is 5.54 Å². The second-order valence-corrected chi connectivity index (χ2v) is 6.13. The van der Waals surface area contributed by atoms with E-state index in [2.05, 4.69) is 5.32 Å².